The minimum atomic E-state index is -4.47. The summed E-state index contributed by atoms with van der Waals surface area (Å²) in [4.78, 5) is 10.9. The number of esters is 1. The van der Waals surface area contributed by atoms with Gasteiger partial charge in [0.1, 0.15) is 0 Å². The summed E-state index contributed by atoms with van der Waals surface area (Å²) in [5, 5.41) is 0. The molecule has 0 saturated heterocycles. The third-order valence-corrected chi connectivity index (χ3v) is 2.27. The lowest BCUT2D eigenvalue weighted by atomic mass is 10.0. The molecule has 0 aliphatic heterocycles. The van der Waals surface area contributed by atoms with Crippen molar-refractivity contribution < 1.29 is 22.7 Å². The van der Waals surface area contributed by atoms with Gasteiger partial charge in [0.15, 0.2) is 0 Å². The van der Waals surface area contributed by atoms with Crippen LogP contribution in [0.4, 0.5) is 18.9 Å². The van der Waals surface area contributed by atoms with Crippen molar-refractivity contribution in [2.45, 2.75) is 19.0 Å². The first-order valence-corrected chi connectivity index (χ1v) is 4.87. The van der Waals surface area contributed by atoms with E-state index in [-0.39, 0.29) is 24.1 Å². The van der Waals surface area contributed by atoms with Crippen molar-refractivity contribution in [2.75, 3.05) is 12.8 Å². The van der Waals surface area contributed by atoms with E-state index in [2.05, 4.69) is 4.74 Å². The molecule has 0 spiro atoms. The highest BCUT2D eigenvalue weighted by molar-refractivity contribution is 5.69. The average molecular weight is 247 g/mol. The number of halogens is 3. The Bertz CT molecular complexity index is 416. The molecule has 0 bridgehead atoms. The Balaban J connectivity index is 2.95. The summed E-state index contributed by atoms with van der Waals surface area (Å²) in [5.74, 6) is -0.546. The number of ether oxygens (including phenoxy) is 1. The molecule has 0 saturated carbocycles. The van der Waals surface area contributed by atoms with Crippen LogP contribution in [0.5, 0.6) is 0 Å². The number of methoxy groups -OCH3 is 1. The molecule has 1 aromatic carbocycles. The van der Waals surface area contributed by atoms with Crippen molar-refractivity contribution in [3.8, 4) is 0 Å². The average Bonchev–Trinajstić information content (AvgIpc) is 2.25. The van der Waals surface area contributed by atoms with Crippen molar-refractivity contribution in [2.24, 2.45) is 0 Å². The molecule has 94 valence electrons. The van der Waals surface area contributed by atoms with Crippen LogP contribution in [0.15, 0.2) is 18.2 Å². The largest absolute Gasteiger partial charge is 0.469 e. The molecular weight excluding hydrogens is 235 g/mol. The quantitative estimate of drug-likeness (QED) is 0.659. The van der Waals surface area contributed by atoms with Crippen LogP contribution in [-0.4, -0.2) is 13.1 Å². The molecule has 0 fully saturated rings. The van der Waals surface area contributed by atoms with Gasteiger partial charge in [-0.25, -0.2) is 0 Å². The van der Waals surface area contributed by atoms with Gasteiger partial charge in [-0.2, -0.15) is 13.2 Å². The van der Waals surface area contributed by atoms with E-state index in [0.29, 0.717) is 0 Å². The smallest absolute Gasteiger partial charge is 0.416 e. The maximum atomic E-state index is 12.7. The summed E-state index contributed by atoms with van der Waals surface area (Å²) >= 11 is 0. The van der Waals surface area contributed by atoms with E-state index < -0.39 is 17.7 Å². The monoisotopic (exact) mass is 247 g/mol. The van der Waals surface area contributed by atoms with E-state index >= 15 is 0 Å². The van der Waals surface area contributed by atoms with Gasteiger partial charge in [0.05, 0.1) is 12.7 Å². The molecule has 0 aliphatic rings. The van der Waals surface area contributed by atoms with Gasteiger partial charge in [0, 0.05) is 12.1 Å². The Kier molecular flexibility index (Phi) is 3.98. The fraction of sp³-hybridized carbons (Fsp3) is 0.364. The first-order chi connectivity index (χ1) is 7.84. The molecule has 1 rings (SSSR count). The first-order valence-electron chi connectivity index (χ1n) is 4.87. The van der Waals surface area contributed by atoms with E-state index in [1.54, 1.807) is 0 Å². The number of carbonyl (C=O) groups is 1. The molecule has 0 atom stereocenters. The molecule has 0 unspecified atom stereocenters. The zero-order valence-corrected chi connectivity index (χ0v) is 9.17. The van der Waals surface area contributed by atoms with Gasteiger partial charge in [0.2, 0.25) is 0 Å². The van der Waals surface area contributed by atoms with Crippen molar-refractivity contribution in [1.82, 2.24) is 0 Å². The second kappa shape index (κ2) is 5.07. The molecular formula is C11H12F3NO2. The second-order valence-corrected chi connectivity index (χ2v) is 3.49. The normalized spacial score (nSPS) is 11.3. The summed E-state index contributed by atoms with van der Waals surface area (Å²) in [7, 11) is 1.19. The second-order valence-electron chi connectivity index (χ2n) is 3.49. The van der Waals surface area contributed by atoms with Gasteiger partial charge in [0.25, 0.3) is 0 Å². The molecule has 0 heterocycles. The van der Waals surface area contributed by atoms with Gasteiger partial charge in [-0.05, 0) is 24.1 Å². The van der Waals surface area contributed by atoms with Gasteiger partial charge in [-0.15, -0.1) is 0 Å². The van der Waals surface area contributed by atoms with Crippen LogP contribution >= 0.6 is 0 Å². The van der Waals surface area contributed by atoms with Crippen LogP contribution in [-0.2, 0) is 22.1 Å². The lowest BCUT2D eigenvalue weighted by molar-refractivity contribution is -0.142. The van der Waals surface area contributed by atoms with Crippen LogP contribution in [0.2, 0.25) is 0 Å². The summed E-state index contributed by atoms with van der Waals surface area (Å²) in [6, 6.07) is 3.52. The third-order valence-electron chi connectivity index (χ3n) is 2.27. The Labute approximate surface area is 96.4 Å². The van der Waals surface area contributed by atoms with Gasteiger partial charge in [-0.3, -0.25) is 4.79 Å². The lowest BCUT2D eigenvalue weighted by Gasteiger charge is -2.13. The highest BCUT2D eigenvalue weighted by atomic mass is 19.4. The Morgan fingerprint density at radius 3 is 2.59 bits per heavy atom. The topological polar surface area (TPSA) is 52.3 Å². The number of hydrogen-bond donors (Lipinski definition) is 1. The van der Waals surface area contributed by atoms with Gasteiger partial charge >= 0.3 is 12.1 Å². The number of aryl methyl sites for hydroxylation is 1. The lowest BCUT2D eigenvalue weighted by Crippen LogP contribution is -2.11. The number of anilines is 1. The van der Waals surface area contributed by atoms with E-state index in [4.69, 9.17) is 5.73 Å². The number of benzene rings is 1. The Morgan fingerprint density at radius 1 is 1.41 bits per heavy atom. The van der Waals surface area contributed by atoms with Gasteiger partial charge < -0.3 is 10.5 Å². The van der Waals surface area contributed by atoms with E-state index in [9.17, 15) is 18.0 Å². The molecule has 1 aromatic rings. The van der Waals surface area contributed by atoms with Crippen molar-refractivity contribution >= 4 is 11.7 Å². The number of nitrogens with two attached hydrogens (primary N) is 1. The maximum Gasteiger partial charge on any atom is 0.416 e. The van der Waals surface area contributed by atoms with Crippen LogP contribution < -0.4 is 5.73 Å². The fourth-order valence-corrected chi connectivity index (χ4v) is 1.41. The Morgan fingerprint density at radius 2 is 2.06 bits per heavy atom. The third kappa shape index (κ3) is 3.65. The number of alkyl halides is 3. The molecule has 0 amide bonds. The predicted octanol–water partition coefficient (Wildman–Crippen LogP) is 2.39. The minimum Gasteiger partial charge on any atom is -0.469 e. The van der Waals surface area contributed by atoms with E-state index in [0.717, 1.165) is 6.07 Å². The molecule has 0 aromatic heterocycles. The number of carbonyl (C=O) groups excluding carboxylic acids is 1. The zero-order valence-electron chi connectivity index (χ0n) is 9.17. The van der Waals surface area contributed by atoms with Crippen molar-refractivity contribution in [3.05, 3.63) is 29.3 Å². The minimum absolute atomic E-state index is 0.0260. The molecule has 6 heteroatoms. The first kappa shape index (κ1) is 13.3. The molecule has 3 nitrogen and oxygen atoms in total. The van der Waals surface area contributed by atoms with Crippen LogP contribution in [0.1, 0.15) is 17.5 Å². The zero-order chi connectivity index (χ0) is 13.1. The Hall–Kier alpha value is -1.72. The van der Waals surface area contributed by atoms with Gasteiger partial charge in [-0.1, -0.05) is 6.07 Å². The predicted molar refractivity (Wildman–Crippen MR) is 56.2 cm³/mol. The number of rotatable bonds is 3. The molecule has 17 heavy (non-hydrogen) atoms. The number of hydrogen-bond acceptors (Lipinski definition) is 3. The fourth-order valence-electron chi connectivity index (χ4n) is 1.41. The maximum absolute atomic E-state index is 12.7. The summed E-state index contributed by atoms with van der Waals surface area (Å²) in [5.41, 5.74) is 4.59. The van der Waals surface area contributed by atoms with E-state index in [1.165, 1.54) is 19.2 Å². The SMILES string of the molecule is COC(=O)CCc1ccc(N)cc1C(F)(F)F. The summed E-state index contributed by atoms with van der Waals surface area (Å²) in [6.07, 6.45) is -4.59. The molecule has 0 aliphatic carbocycles. The molecule has 2 N–H and O–H groups in total. The van der Waals surface area contributed by atoms with Crippen LogP contribution in [0.3, 0.4) is 0 Å². The number of nitrogen functional groups attached to an aromatic ring is 1. The summed E-state index contributed by atoms with van der Waals surface area (Å²) in [6.45, 7) is 0. The highest BCUT2D eigenvalue weighted by Gasteiger charge is 2.33. The highest BCUT2D eigenvalue weighted by Crippen LogP contribution is 2.33. The van der Waals surface area contributed by atoms with Crippen molar-refractivity contribution in [3.63, 3.8) is 0 Å². The summed E-state index contributed by atoms with van der Waals surface area (Å²) < 4.78 is 42.4. The standard InChI is InChI=1S/C11H12F3NO2/c1-17-10(16)5-3-7-2-4-8(15)6-9(7)11(12,13)14/h2,4,6H,3,5,15H2,1H3. The van der Waals surface area contributed by atoms with Crippen LogP contribution in [0.25, 0.3) is 0 Å². The van der Waals surface area contributed by atoms with Crippen molar-refractivity contribution in [1.29, 1.82) is 0 Å². The molecule has 0 radical (unpaired) electrons. The van der Waals surface area contributed by atoms with Crippen LogP contribution in [0, 0.1) is 0 Å². The van der Waals surface area contributed by atoms with E-state index in [1.807, 2.05) is 0 Å².